The summed E-state index contributed by atoms with van der Waals surface area (Å²) in [5.74, 6) is -0.461. The van der Waals surface area contributed by atoms with E-state index in [1.165, 1.54) is 12.1 Å². The fraction of sp³-hybridized carbons (Fsp3) is 0.500. The van der Waals surface area contributed by atoms with Crippen LogP contribution in [0.5, 0.6) is 0 Å². The van der Waals surface area contributed by atoms with Crippen LogP contribution >= 0.6 is 11.6 Å². The maximum Gasteiger partial charge on any atom is 0.418 e. The second kappa shape index (κ2) is 6.85. The summed E-state index contributed by atoms with van der Waals surface area (Å²) in [6.45, 7) is 3.19. The number of nitrogens with one attached hydrogen (secondary N) is 1. The molecule has 0 spiro atoms. The molecule has 1 aromatic carbocycles. The van der Waals surface area contributed by atoms with Crippen LogP contribution in [-0.4, -0.2) is 55.5 Å². The first kappa shape index (κ1) is 17.1. The van der Waals surface area contributed by atoms with Gasteiger partial charge in [-0.3, -0.25) is 9.69 Å². The fourth-order valence-corrected chi connectivity index (χ4v) is 2.43. The van der Waals surface area contributed by atoms with E-state index in [0.29, 0.717) is 0 Å². The van der Waals surface area contributed by atoms with Crippen LogP contribution in [0.1, 0.15) is 5.56 Å². The number of carbonyl (C=O) groups excluding carboxylic acids is 1. The lowest BCUT2D eigenvalue weighted by Crippen LogP contribution is -2.47. The minimum absolute atomic E-state index is 0.0237. The monoisotopic (exact) mass is 335 g/mol. The molecule has 8 heteroatoms. The first-order valence-corrected chi connectivity index (χ1v) is 7.21. The maximum atomic E-state index is 13.0. The number of nitrogens with zero attached hydrogens (tertiary/aromatic N) is 2. The van der Waals surface area contributed by atoms with Crippen molar-refractivity contribution >= 4 is 23.2 Å². The Morgan fingerprint density at radius 1 is 1.27 bits per heavy atom. The number of likely N-dealkylation sites (N-methyl/N-ethyl adjacent to an activating group) is 1. The summed E-state index contributed by atoms with van der Waals surface area (Å²) in [4.78, 5) is 16.0. The van der Waals surface area contributed by atoms with Crippen molar-refractivity contribution in [1.82, 2.24) is 9.80 Å². The van der Waals surface area contributed by atoms with Crippen LogP contribution in [0.4, 0.5) is 18.9 Å². The van der Waals surface area contributed by atoms with Crippen molar-refractivity contribution in [2.24, 2.45) is 0 Å². The minimum Gasteiger partial charge on any atom is -0.324 e. The van der Waals surface area contributed by atoms with Crippen molar-refractivity contribution in [3.8, 4) is 0 Å². The molecule has 0 radical (unpaired) electrons. The molecule has 1 aliphatic heterocycles. The molecule has 0 saturated carbocycles. The predicted octanol–water partition coefficient (Wildman–Crippen LogP) is 2.54. The van der Waals surface area contributed by atoms with E-state index in [2.05, 4.69) is 10.2 Å². The van der Waals surface area contributed by atoms with Gasteiger partial charge < -0.3 is 10.2 Å². The second-order valence-electron chi connectivity index (χ2n) is 5.32. The molecule has 1 fully saturated rings. The van der Waals surface area contributed by atoms with E-state index in [0.717, 1.165) is 32.2 Å². The van der Waals surface area contributed by atoms with Gasteiger partial charge in [0.1, 0.15) is 0 Å². The van der Waals surface area contributed by atoms with Crippen LogP contribution < -0.4 is 5.32 Å². The first-order chi connectivity index (χ1) is 10.3. The van der Waals surface area contributed by atoms with Gasteiger partial charge in [-0.2, -0.15) is 13.2 Å². The number of anilines is 1. The third-order valence-electron chi connectivity index (χ3n) is 3.52. The van der Waals surface area contributed by atoms with Crippen LogP contribution in [-0.2, 0) is 11.0 Å². The Morgan fingerprint density at radius 3 is 2.50 bits per heavy atom. The van der Waals surface area contributed by atoms with Gasteiger partial charge in [-0.05, 0) is 25.2 Å². The number of benzene rings is 1. The average molecular weight is 336 g/mol. The van der Waals surface area contributed by atoms with E-state index in [9.17, 15) is 18.0 Å². The molecule has 1 saturated heterocycles. The van der Waals surface area contributed by atoms with E-state index in [-0.39, 0.29) is 17.3 Å². The van der Waals surface area contributed by atoms with Gasteiger partial charge in [0, 0.05) is 31.2 Å². The van der Waals surface area contributed by atoms with Crippen LogP contribution in [0.15, 0.2) is 18.2 Å². The SMILES string of the molecule is CN1CCN(CC(=O)Nc2ccc(Cl)cc2C(F)(F)F)CC1. The van der Waals surface area contributed by atoms with Crippen molar-refractivity contribution in [3.63, 3.8) is 0 Å². The lowest BCUT2D eigenvalue weighted by molar-refractivity contribution is -0.137. The Kier molecular flexibility index (Phi) is 5.31. The largest absolute Gasteiger partial charge is 0.418 e. The van der Waals surface area contributed by atoms with Gasteiger partial charge in [0.2, 0.25) is 5.91 Å². The molecule has 0 aliphatic carbocycles. The molecule has 0 unspecified atom stereocenters. The quantitative estimate of drug-likeness (QED) is 0.922. The molecule has 4 nitrogen and oxygen atoms in total. The van der Waals surface area contributed by atoms with Gasteiger partial charge in [0.05, 0.1) is 17.8 Å². The van der Waals surface area contributed by atoms with Crippen LogP contribution in [0.25, 0.3) is 0 Å². The highest BCUT2D eigenvalue weighted by Gasteiger charge is 2.34. The van der Waals surface area contributed by atoms with E-state index < -0.39 is 17.6 Å². The van der Waals surface area contributed by atoms with Gasteiger partial charge in [0.25, 0.3) is 0 Å². The van der Waals surface area contributed by atoms with E-state index in [1.54, 1.807) is 0 Å². The molecule has 0 aromatic heterocycles. The highest BCUT2D eigenvalue weighted by Crippen LogP contribution is 2.36. The number of carbonyl (C=O) groups is 1. The summed E-state index contributed by atoms with van der Waals surface area (Å²) in [5.41, 5.74) is -1.21. The Bertz CT molecular complexity index is 543. The summed E-state index contributed by atoms with van der Waals surface area (Å²) in [7, 11) is 1.99. The Labute approximate surface area is 131 Å². The van der Waals surface area contributed by atoms with E-state index in [1.807, 2.05) is 11.9 Å². The summed E-state index contributed by atoms with van der Waals surface area (Å²) >= 11 is 5.60. The van der Waals surface area contributed by atoms with Crippen molar-refractivity contribution in [2.75, 3.05) is 45.1 Å². The fourth-order valence-electron chi connectivity index (χ4n) is 2.26. The average Bonchev–Trinajstić information content (AvgIpc) is 2.42. The number of amides is 1. The Hall–Kier alpha value is -1.31. The predicted molar refractivity (Wildman–Crippen MR) is 79.0 cm³/mol. The second-order valence-corrected chi connectivity index (χ2v) is 5.75. The smallest absolute Gasteiger partial charge is 0.324 e. The number of piperazine rings is 1. The van der Waals surface area contributed by atoms with E-state index in [4.69, 9.17) is 11.6 Å². The van der Waals surface area contributed by atoms with E-state index >= 15 is 0 Å². The third kappa shape index (κ3) is 4.59. The maximum absolute atomic E-state index is 13.0. The number of hydrogen-bond acceptors (Lipinski definition) is 3. The van der Waals surface area contributed by atoms with Gasteiger partial charge in [-0.25, -0.2) is 0 Å². The molecular weight excluding hydrogens is 319 g/mol. The standard InChI is InChI=1S/C14H17ClF3N3O/c1-20-4-6-21(7-5-20)9-13(22)19-12-3-2-10(15)8-11(12)14(16,17)18/h2-3,8H,4-7,9H2,1H3,(H,19,22). The topological polar surface area (TPSA) is 35.6 Å². The molecule has 1 N–H and O–H groups in total. The van der Waals surface area contributed by atoms with Gasteiger partial charge in [-0.15, -0.1) is 0 Å². The summed E-state index contributed by atoms with van der Waals surface area (Å²) in [6, 6.07) is 3.31. The molecule has 122 valence electrons. The van der Waals surface area contributed by atoms with Crippen molar-refractivity contribution < 1.29 is 18.0 Å². The molecule has 0 atom stereocenters. The molecule has 1 aliphatic rings. The number of alkyl halides is 3. The summed E-state index contributed by atoms with van der Waals surface area (Å²) in [6.07, 6.45) is -4.57. The molecule has 22 heavy (non-hydrogen) atoms. The molecule has 2 rings (SSSR count). The van der Waals surface area contributed by atoms with Gasteiger partial charge in [-0.1, -0.05) is 11.6 Å². The molecule has 1 heterocycles. The summed E-state index contributed by atoms with van der Waals surface area (Å²) < 4.78 is 38.9. The number of rotatable bonds is 3. The zero-order valence-corrected chi connectivity index (χ0v) is 12.8. The van der Waals surface area contributed by atoms with Crippen molar-refractivity contribution in [2.45, 2.75) is 6.18 Å². The highest BCUT2D eigenvalue weighted by molar-refractivity contribution is 6.30. The number of halogens is 4. The zero-order valence-electron chi connectivity index (χ0n) is 12.1. The Balaban J connectivity index is 2.02. The third-order valence-corrected chi connectivity index (χ3v) is 3.76. The first-order valence-electron chi connectivity index (χ1n) is 6.83. The molecular formula is C14H17ClF3N3O. The Morgan fingerprint density at radius 2 is 1.91 bits per heavy atom. The lowest BCUT2D eigenvalue weighted by Gasteiger charge is -2.31. The van der Waals surface area contributed by atoms with Gasteiger partial charge in [0.15, 0.2) is 0 Å². The molecule has 1 amide bonds. The minimum atomic E-state index is -4.57. The molecule has 0 bridgehead atoms. The van der Waals surface area contributed by atoms with Crippen molar-refractivity contribution in [3.05, 3.63) is 28.8 Å². The van der Waals surface area contributed by atoms with Crippen LogP contribution in [0.2, 0.25) is 5.02 Å². The normalized spacial score (nSPS) is 17.5. The van der Waals surface area contributed by atoms with Crippen molar-refractivity contribution in [1.29, 1.82) is 0 Å². The molecule has 1 aromatic rings. The summed E-state index contributed by atoms with van der Waals surface area (Å²) in [5, 5.41) is 2.31. The number of hydrogen-bond donors (Lipinski definition) is 1. The van der Waals surface area contributed by atoms with Crippen LogP contribution in [0, 0.1) is 0 Å². The zero-order chi connectivity index (χ0) is 16.3. The highest BCUT2D eigenvalue weighted by atomic mass is 35.5. The lowest BCUT2D eigenvalue weighted by atomic mass is 10.1. The van der Waals surface area contributed by atoms with Crippen LogP contribution in [0.3, 0.4) is 0 Å². The van der Waals surface area contributed by atoms with Gasteiger partial charge >= 0.3 is 6.18 Å².